The molecule has 1 aromatic rings. The molecule has 5 heteroatoms. The van der Waals surface area contributed by atoms with E-state index in [2.05, 4.69) is 21.2 Å². The Kier molecular flexibility index (Phi) is 5.71. The molecule has 1 N–H and O–H groups in total. The molecule has 0 aliphatic rings. The van der Waals surface area contributed by atoms with Crippen LogP contribution >= 0.6 is 15.9 Å². The van der Waals surface area contributed by atoms with Crippen molar-refractivity contribution in [2.45, 2.75) is 19.3 Å². The summed E-state index contributed by atoms with van der Waals surface area (Å²) in [4.78, 5) is 11.5. The minimum absolute atomic E-state index is 0.156. The number of benzene rings is 1. The quantitative estimate of drug-likeness (QED) is 0.647. The van der Waals surface area contributed by atoms with Crippen LogP contribution in [0.2, 0.25) is 0 Å². The Labute approximate surface area is 108 Å². The molecule has 17 heavy (non-hydrogen) atoms. The Morgan fingerprint density at radius 2 is 2.12 bits per heavy atom. The predicted octanol–water partition coefficient (Wildman–Crippen LogP) is 2.84. The molecule has 1 aromatic carbocycles. The van der Waals surface area contributed by atoms with Crippen molar-refractivity contribution in [2.75, 3.05) is 13.6 Å². The minimum Gasteiger partial charge on any atom is -0.320 e. The molecule has 0 heterocycles. The monoisotopic (exact) mass is 305 g/mol. The molecule has 0 atom stereocenters. The van der Waals surface area contributed by atoms with Crippen LogP contribution in [0.5, 0.6) is 0 Å². The maximum Gasteiger partial charge on any atom is 0.143 e. The van der Waals surface area contributed by atoms with Crippen LogP contribution in [0.3, 0.4) is 0 Å². The first-order valence-electron chi connectivity index (χ1n) is 5.35. The molecule has 0 fully saturated rings. The zero-order valence-corrected chi connectivity index (χ0v) is 11.1. The van der Waals surface area contributed by atoms with Gasteiger partial charge in [0.05, 0.1) is 4.47 Å². The van der Waals surface area contributed by atoms with E-state index in [-0.39, 0.29) is 22.2 Å². The minimum atomic E-state index is -0.688. The van der Waals surface area contributed by atoms with E-state index in [1.54, 1.807) is 7.05 Å². The molecule has 2 nitrogen and oxygen atoms in total. The first kappa shape index (κ1) is 14.3. The standard InChI is InChI=1S/C12H14BrF2NO/c1-16-6-2-3-8(17)7-9-11(14)5-4-10(13)12(9)15/h4-5,16H,2-3,6-7H2,1H3. The topological polar surface area (TPSA) is 29.1 Å². The Morgan fingerprint density at radius 3 is 2.76 bits per heavy atom. The molecular weight excluding hydrogens is 292 g/mol. The van der Waals surface area contributed by atoms with Crippen molar-refractivity contribution in [3.63, 3.8) is 0 Å². The molecular formula is C12H14BrF2NO. The summed E-state index contributed by atoms with van der Waals surface area (Å²) in [6.45, 7) is 0.717. The third-order valence-electron chi connectivity index (χ3n) is 2.40. The summed E-state index contributed by atoms with van der Waals surface area (Å²) in [5.41, 5.74) is -0.158. The van der Waals surface area contributed by atoms with E-state index in [4.69, 9.17) is 0 Å². The highest BCUT2D eigenvalue weighted by Crippen LogP contribution is 2.22. The van der Waals surface area contributed by atoms with Gasteiger partial charge in [-0.15, -0.1) is 0 Å². The fraction of sp³-hybridized carbons (Fsp3) is 0.417. The van der Waals surface area contributed by atoms with Gasteiger partial charge in [0.15, 0.2) is 0 Å². The van der Waals surface area contributed by atoms with E-state index in [1.165, 1.54) is 6.07 Å². The van der Waals surface area contributed by atoms with E-state index in [1.807, 2.05) is 0 Å². The maximum absolute atomic E-state index is 13.6. The van der Waals surface area contributed by atoms with Crippen LogP contribution in [0.1, 0.15) is 18.4 Å². The third-order valence-corrected chi connectivity index (χ3v) is 3.01. The molecule has 0 aliphatic heterocycles. The molecule has 0 radical (unpaired) electrons. The second kappa shape index (κ2) is 6.81. The van der Waals surface area contributed by atoms with Gasteiger partial charge >= 0.3 is 0 Å². The van der Waals surface area contributed by atoms with Gasteiger partial charge in [0.2, 0.25) is 0 Å². The van der Waals surface area contributed by atoms with Gasteiger partial charge in [0.1, 0.15) is 17.4 Å². The molecule has 94 valence electrons. The Bertz CT molecular complexity index is 410. The zero-order valence-electron chi connectivity index (χ0n) is 9.53. The highest BCUT2D eigenvalue weighted by Gasteiger charge is 2.15. The first-order chi connectivity index (χ1) is 8.06. The molecule has 0 amide bonds. The van der Waals surface area contributed by atoms with Gasteiger partial charge < -0.3 is 5.32 Å². The smallest absolute Gasteiger partial charge is 0.143 e. The van der Waals surface area contributed by atoms with Crippen LogP contribution in [0.4, 0.5) is 8.78 Å². The van der Waals surface area contributed by atoms with Crippen LogP contribution in [0.15, 0.2) is 16.6 Å². The predicted molar refractivity (Wildman–Crippen MR) is 65.9 cm³/mol. The zero-order chi connectivity index (χ0) is 12.8. The first-order valence-corrected chi connectivity index (χ1v) is 6.14. The van der Waals surface area contributed by atoms with Crippen molar-refractivity contribution in [2.24, 2.45) is 0 Å². The number of hydrogen-bond donors (Lipinski definition) is 1. The second-order valence-electron chi connectivity index (χ2n) is 3.74. The van der Waals surface area contributed by atoms with E-state index in [0.29, 0.717) is 12.8 Å². The summed E-state index contributed by atoms with van der Waals surface area (Å²) >= 11 is 2.97. The summed E-state index contributed by atoms with van der Waals surface area (Å²) < 4.78 is 27.1. The molecule has 0 saturated heterocycles. The summed E-state index contributed by atoms with van der Waals surface area (Å²) in [5.74, 6) is -1.52. The Hall–Kier alpha value is -0.810. The van der Waals surface area contributed by atoms with Crippen molar-refractivity contribution in [3.05, 3.63) is 33.8 Å². The van der Waals surface area contributed by atoms with Crippen LogP contribution in [-0.2, 0) is 11.2 Å². The van der Waals surface area contributed by atoms with Gasteiger partial charge in [0, 0.05) is 18.4 Å². The lowest BCUT2D eigenvalue weighted by atomic mass is 10.0. The molecule has 0 aromatic heterocycles. The SMILES string of the molecule is CNCCCC(=O)Cc1c(F)ccc(Br)c1F. The molecule has 1 rings (SSSR count). The second-order valence-corrected chi connectivity index (χ2v) is 4.60. The number of carbonyl (C=O) groups excluding carboxylic acids is 1. The van der Waals surface area contributed by atoms with Crippen LogP contribution in [0, 0.1) is 11.6 Å². The number of ketones is 1. The molecule has 0 unspecified atom stereocenters. The Balaban J connectivity index is 2.68. The van der Waals surface area contributed by atoms with Gasteiger partial charge in [-0.25, -0.2) is 8.78 Å². The third kappa shape index (κ3) is 4.16. The highest BCUT2D eigenvalue weighted by atomic mass is 79.9. The number of carbonyl (C=O) groups is 1. The van der Waals surface area contributed by atoms with Crippen molar-refractivity contribution in [1.29, 1.82) is 0 Å². The normalized spacial score (nSPS) is 10.6. The summed E-state index contributed by atoms with van der Waals surface area (Å²) in [6, 6.07) is 2.45. The van der Waals surface area contributed by atoms with Gasteiger partial charge in [-0.2, -0.15) is 0 Å². The van der Waals surface area contributed by atoms with Crippen molar-refractivity contribution >= 4 is 21.7 Å². The van der Waals surface area contributed by atoms with Gasteiger partial charge in [-0.3, -0.25) is 4.79 Å². The molecule has 0 aliphatic carbocycles. The fourth-order valence-electron chi connectivity index (χ4n) is 1.48. The lowest BCUT2D eigenvalue weighted by molar-refractivity contribution is -0.118. The average molecular weight is 306 g/mol. The molecule has 0 spiro atoms. The van der Waals surface area contributed by atoms with Crippen molar-refractivity contribution < 1.29 is 13.6 Å². The average Bonchev–Trinajstić information content (AvgIpc) is 2.30. The van der Waals surface area contributed by atoms with E-state index < -0.39 is 11.6 Å². The number of Topliss-reactive ketones (excluding diaryl/α,β-unsaturated/α-hetero) is 1. The highest BCUT2D eigenvalue weighted by molar-refractivity contribution is 9.10. The summed E-state index contributed by atoms with van der Waals surface area (Å²) in [5, 5.41) is 2.91. The van der Waals surface area contributed by atoms with E-state index in [0.717, 1.165) is 12.6 Å². The van der Waals surface area contributed by atoms with Gasteiger partial charge in [0.25, 0.3) is 0 Å². The number of hydrogen-bond acceptors (Lipinski definition) is 2. The van der Waals surface area contributed by atoms with E-state index >= 15 is 0 Å². The molecule has 0 saturated carbocycles. The van der Waals surface area contributed by atoms with Crippen molar-refractivity contribution in [3.8, 4) is 0 Å². The number of rotatable bonds is 6. The van der Waals surface area contributed by atoms with E-state index in [9.17, 15) is 13.6 Å². The van der Waals surface area contributed by atoms with Crippen LogP contribution < -0.4 is 5.32 Å². The molecule has 0 bridgehead atoms. The van der Waals surface area contributed by atoms with Crippen molar-refractivity contribution in [1.82, 2.24) is 5.32 Å². The number of nitrogens with one attached hydrogen (secondary N) is 1. The largest absolute Gasteiger partial charge is 0.320 e. The fourth-order valence-corrected chi connectivity index (χ4v) is 1.85. The van der Waals surface area contributed by atoms with Crippen LogP contribution in [0.25, 0.3) is 0 Å². The van der Waals surface area contributed by atoms with Crippen LogP contribution in [-0.4, -0.2) is 19.4 Å². The lowest BCUT2D eigenvalue weighted by Gasteiger charge is -2.06. The van der Waals surface area contributed by atoms with Gasteiger partial charge in [-0.1, -0.05) is 0 Å². The summed E-state index contributed by atoms with van der Waals surface area (Å²) in [7, 11) is 1.79. The maximum atomic E-state index is 13.6. The Morgan fingerprint density at radius 1 is 1.41 bits per heavy atom. The lowest BCUT2D eigenvalue weighted by Crippen LogP contribution is -2.12. The van der Waals surface area contributed by atoms with Gasteiger partial charge in [-0.05, 0) is 48.1 Å². The number of halogens is 3. The summed E-state index contributed by atoms with van der Waals surface area (Å²) in [6.07, 6.45) is 0.805.